The van der Waals surface area contributed by atoms with E-state index in [1.807, 2.05) is 0 Å². The Morgan fingerprint density at radius 1 is 1.30 bits per heavy atom. The zero-order chi connectivity index (χ0) is 14.7. The van der Waals surface area contributed by atoms with Crippen LogP contribution in [0.1, 0.15) is 33.4 Å². The van der Waals surface area contributed by atoms with Crippen LogP contribution >= 0.6 is 11.3 Å². The Balaban J connectivity index is 2.21. The standard InChI is InChI=1S/C15H26N4S/c1-11(2)8-16-9-13-14(18(5)10-12(3)4)17-15-19(13)6-7-20-15/h6-7,11-12,16H,8-10H2,1-5H3. The lowest BCUT2D eigenvalue weighted by atomic mass is 10.2. The van der Waals surface area contributed by atoms with Gasteiger partial charge >= 0.3 is 0 Å². The highest BCUT2D eigenvalue weighted by Gasteiger charge is 2.17. The second-order valence-corrected chi connectivity index (χ2v) is 7.11. The van der Waals surface area contributed by atoms with Gasteiger partial charge in [0.2, 0.25) is 0 Å². The number of anilines is 1. The molecular weight excluding hydrogens is 268 g/mol. The summed E-state index contributed by atoms with van der Waals surface area (Å²) in [7, 11) is 2.14. The molecule has 4 nitrogen and oxygen atoms in total. The predicted molar refractivity (Wildman–Crippen MR) is 87.7 cm³/mol. The number of aromatic nitrogens is 2. The monoisotopic (exact) mass is 294 g/mol. The molecule has 112 valence electrons. The summed E-state index contributed by atoms with van der Waals surface area (Å²) in [6.07, 6.45) is 2.12. The van der Waals surface area contributed by atoms with Crippen molar-refractivity contribution < 1.29 is 0 Å². The van der Waals surface area contributed by atoms with E-state index in [2.05, 4.69) is 60.9 Å². The number of thiazole rings is 1. The summed E-state index contributed by atoms with van der Waals surface area (Å²) in [4.78, 5) is 8.15. The van der Waals surface area contributed by atoms with Crippen molar-refractivity contribution in [3.05, 3.63) is 17.3 Å². The lowest BCUT2D eigenvalue weighted by Crippen LogP contribution is -2.26. The van der Waals surface area contributed by atoms with Crippen molar-refractivity contribution in [3.63, 3.8) is 0 Å². The van der Waals surface area contributed by atoms with E-state index in [1.54, 1.807) is 11.3 Å². The highest BCUT2D eigenvalue weighted by molar-refractivity contribution is 7.15. The van der Waals surface area contributed by atoms with Crippen molar-refractivity contribution >= 4 is 22.1 Å². The third-order valence-electron chi connectivity index (χ3n) is 3.19. The van der Waals surface area contributed by atoms with E-state index in [0.717, 1.165) is 30.4 Å². The molecule has 0 fully saturated rings. The van der Waals surface area contributed by atoms with E-state index in [-0.39, 0.29) is 0 Å². The first-order valence-electron chi connectivity index (χ1n) is 7.35. The molecule has 0 saturated carbocycles. The second kappa shape index (κ2) is 6.59. The minimum Gasteiger partial charge on any atom is -0.358 e. The first-order valence-corrected chi connectivity index (χ1v) is 8.23. The molecule has 0 atom stereocenters. The van der Waals surface area contributed by atoms with Crippen LogP contribution in [-0.4, -0.2) is 29.5 Å². The van der Waals surface area contributed by atoms with Gasteiger partial charge in [0.15, 0.2) is 10.8 Å². The molecule has 2 rings (SSSR count). The molecule has 0 aromatic carbocycles. The SMILES string of the molecule is CC(C)CNCc1c(N(C)CC(C)C)nc2sccn12. The number of fused-ring (bicyclic) bond motifs is 1. The molecule has 2 aromatic rings. The predicted octanol–water partition coefficient (Wildman–Crippen LogP) is 3.23. The summed E-state index contributed by atoms with van der Waals surface area (Å²) in [6, 6.07) is 0. The number of rotatable bonds is 7. The molecule has 2 aromatic heterocycles. The third kappa shape index (κ3) is 3.52. The molecule has 0 unspecified atom stereocenters. The molecule has 1 N–H and O–H groups in total. The summed E-state index contributed by atoms with van der Waals surface area (Å²) in [5.74, 6) is 2.41. The zero-order valence-corrected chi connectivity index (χ0v) is 14.0. The van der Waals surface area contributed by atoms with E-state index in [9.17, 15) is 0 Å². The Hall–Kier alpha value is -1.07. The molecule has 0 bridgehead atoms. The van der Waals surface area contributed by atoms with Crippen LogP contribution in [0.4, 0.5) is 5.82 Å². The van der Waals surface area contributed by atoms with Gasteiger partial charge in [-0.05, 0) is 18.4 Å². The quantitative estimate of drug-likeness (QED) is 0.851. The van der Waals surface area contributed by atoms with Gasteiger partial charge < -0.3 is 10.2 Å². The fraction of sp³-hybridized carbons (Fsp3) is 0.667. The van der Waals surface area contributed by atoms with Gasteiger partial charge in [0.25, 0.3) is 0 Å². The lowest BCUT2D eigenvalue weighted by molar-refractivity contribution is 0.546. The van der Waals surface area contributed by atoms with Gasteiger partial charge in [0, 0.05) is 31.7 Å². The summed E-state index contributed by atoms with van der Waals surface area (Å²) in [6.45, 7) is 11.9. The molecule has 2 heterocycles. The number of imidazole rings is 1. The van der Waals surface area contributed by atoms with Gasteiger partial charge in [-0.25, -0.2) is 4.98 Å². The number of hydrogen-bond donors (Lipinski definition) is 1. The molecule has 0 radical (unpaired) electrons. The average Bonchev–Trinajstić information content (AvgIpc) is 2.89. The van der Waals surface area contributed by atoms with Crippen molar-refractivity contribution in [2.24, 2.45) is 11.8 Å². The first kappa shape index (κ1) is 15.3. The van der Waals surface area contributed by atoms with E-state index in [1.165, 1.54) is 5.69 Å². The van der Waals surface area contributed by atoms with Gasteiger partial charge in [-0.3, -0.25) is 4.40 Å². The van der Waals surface area contributed by atoms with Gasteiger partial charge in [-0.15, -0.1) is 11.3 Å². The largest absolute Gasteiger partial charge is 0.358 e. The molecule has 0 aliphatic rings. The maximum atomic E-state index is 4.79. The molecular formula is C15H26N4S. The Morgan fingerprint density at radius 2 is 2.05 bits per heavy atom. The molecule has 0 aliphatic heterocycles. The van der Waals surface area contributed by atoms with E-state index >= 15 is 0 Å². The lowest BCUT2D eigenvalue weighted by Gasteiger charge is -2.20. The van der Waals surface area contributed by atoms with Crippen LogP contribution in [0.2, 0.25) is 0 Å². The Morgan fingerprint density at radius 3 is 2.70 bits per heavy atom. The Labute approximate surface area is 125 Å². The average molecular weight is 294 g/mol. The smallest absolute Gasteiger partial charge is 0.195 e. The zero-order valence-electron chi connectivity index (χ0n) is 13.2. The van der Waals surface area contributed by atoms with E-state index < -0.39 is 0 Å². The molecule has 0 spiro atoms. The van der Waals surface area contributed by atoms with Gasteiger partial charge in [-0.1, -0.05) is 27.7 Å². The Kier molecular flexibility index (Phi) is 5.05. The minimum atomic E-state index is 0.635. The number of hydrogen-bond acceptors (Lipinski definition) is 4. The maximum absolute atomic E-state index is 4.79. The number of nitrogens with zero attached hydrogens (tertiary/aromatic N) is 3. The Bertz CT molecular complexity index is 541. The van der Waals surface area contributed by atoms with Crippen molar-refractivity contribution in [2.75, 3.05) is 25.0 Å². The van der Waals surface area contributed by atoms with Crippen LogP contribution < -0.4 is 10.2 Å². The molecule has 20 heavy (non-hydrogen) atoms. The van der Waals surface area contributed by atoms with Crippen LogP contribution in [0.5, 0.6) is 0 Å². The van der Waals surface area contributed by atoms with Crippen molar-refractivity contribution in [1.82, 2.24) is 14.7 Å². The highest BCUT2D eigenvalue weighted by atomic mass is 32.1. The molecule has 0 saturated heterocycles. The minimum absolute atomic E-state index is 0.635. The van der Waals surface area contributed by atoms with Crippen LogP contribution in [0.3, 0.4) is 0 Å². The van der Waals surface area contributed by atoms with Crippen LogP contribution in [-0.2, 0) is 6.54 Å². The molecule has 0 aliphatic carbocycles. The van der Waals surface area contributed by atoms with Crippen LogP contribution in [0.25, 0.3) is 4.96 Å². The van der Waals surface area contributed by atoms with Gasteiger partial charge in [0.05, 0.1) is 5.69 Å². The van der Waals surface area contributed by atoms with Crippen molar-refractivity contribution in [3.8, 4) is 0 Å². The summed E-state index contributed by atoms with van der Waals surface area (Å²) < 4.78 is 2.21. The van der Waals surface area contributed by atoms with E-state index in [4.69, 9.17) is 4.98 Å². The summed E-state index contributed by atoms with van der Waals surface area (Å²) >= 11 is 1.70. The third-order valence-corrected chi connectivity index (χ3v) is 3.94. The fourth-order valence-corrected chi connectivity index (χ4v) is 3.13. The fourth-order valence-electron chi connectivity index (χ4n) is 2.40. The summed E-state index contributed by atoms with van der Waals surface area (Å²) in [5, 5.41) is 5.63. The van der Waals surface area contributed by atoms with Gasteiger partial charge in [-0.2, -0.15) is 0 Å². The van der Waals surface area contributed by atoms with Crippen LogP contribution in [0, 0.1) is 11.8 Å². The van der Waals surface area contributed by atoms with Crippen molar-refractivity contribution in [1.29, 1.82) is 0 Å². The van der Waals surface area contributed by atoms with Crippen molar-refractivity contribution in [2.45, 2.75) is 34.2 Å². The topological polar surface area (TPSA) is 32.6 Å². The molecule has 5 heteroatoms. The molecule has 0 amide bonds. The number of nitrogens with one attached hydrogen (secondary N) is 1. The van der Waals surface area contributed by atoms with Gasteiger partial charge in [0.1, 0.15) is 0 Å². The second-order valence-electron chi connectivity index (χ2n) is 6.24. The summed E-state index contributed by atoms with van der Waals surface area (Å²) in [5.41, 5.74) is 1.27. The van der Waals surface area contributed by atoms with Crippen LogP contribution in [0.15, 0.2) is 11.6 Å². The first-order chi connectivity index (χ1) is 9.49. The highest BCUT2D eigenvalue weighted by Crippen LogP contribution is 2.24. The van der Waals surface area contributed by atoms with E-state index in [0.29, 0.717) is 11.8 Å². The maximum Gasteiger partial charge on any atom is 0.195 e. The normalized spacial score (nSPS) is 11.9.